The van der Waals surface area contributed by atoms with Crippen LogP contribution >= 0.6 is 24.0 Å². The van der Waals surface area contributed by atoms with Gasteiger partial charge in [0.05, 0.1) is 19.3 Å². The Bertz CT molecular complexity index is 836. The van der Waals surface area contributed by atoms with E-state index in [0.29, 0.717) is 25.3 Å². The van der Waals surface area contributed by atoms with Gasteiger partial charge in [-0.05, 0) is 49.6 Å². The molecular weight excluding hydrogens is 503 g/mol. The van der Waals surface area contributed by atoms with Gasteiger partial charge in [-0.15, -0.1) is 24.0 Å². The lowest BCUT2D eigenvalue weighted by molar-refractivity contribution is 0.0657. The van der Waals surface area contributed by atoms with Gasteiger partial charge in [0, 0.05) is 32.7 Å². The molecule has 0 unspecified atom stereocenters. The van der Waals surface area contributed by atoms with Crippen LogP contribution in [0.5, 0.6) is 0 Å². The van der Waals surface area contributed by atoms with E-state index >= 15 is 0 Å². The quantitative estimate of drug-likeness (QED) is 0.286. The summed E-state index contributed by atoms with van der Waals surface area (Å²) in [6, 6.07) is 16.0. The maximum absolute atomic E-state index is 12.0. The van der Waals surface area contributed by atoms with E-state index in [2.05, 4.69) is 28.8 Å². The number of hydrogen-bond donors (Lipinski definition) is 2. The van der Waals surface area contributed by atoms with E-state index in [0.717, 1.165) is 29.2 Å². The SMILES string of the molecule is CCNC(=NCc1cccc(COC(C)C)c1)NCc1ccc(C(=O)N(C)C)cc1.I. The van der Waals surface area contributed by atoms with Crippen molar-refractivity contribution in [2.24, 2.45) is 4.99 Å². The van der Waals surface area contributed by atoms with Gasteiger partial charge in [-0.3, -0.25) is 4.79 Å². The van der Waals surface area contributed by atoms with Gasteiger partial charge in [0.15, 0.2) is 5.96 Å². The first-order chi connectivity index (χ1) is 14.4. The van der Waals surface area contributed by atoms with Crippen LogP contribution in [0.25, 0.3) is 0 Å². The zero-order chi connectivity index (χ0) is 21.9. The monoisotopic (exact) mass is 538 g/mol. The van der Waals surface area contributed by atoms with Crippen LogP contribution in [-0.2, 0) is 24.4 Å². The van der Waals surface area contributed by atoms with Gasteiger partial charge in [0.25, 0.3) is 5.91 Å². The summed E-state index contributed by atoms with van der Waals surface area (Å²) in [7, 11) is 3.51. The predicted octanol–water partition coefficient (Wildman–Crippen LogP) is 4.19. The number of amides is 1. The molecule has 170 valence electrons. The van der Waals surface area contributed by atoms with E-state index in [9.17, 15) is 4.79 Å². The molecule has 0 bridgehead atoms. The van der Waals surface area contributed by atoms with Crippen LogP contribution < -0.4 is 10.6 Å². The van der Waals surface area contributed by atoms with Crippen molar-refractivity contribution in [3.05, 3.63) is 70.8 Å². The maximum Gasteiger partial charge on any atom is 0.253 e. The van der Waals surface area contributed by atoms with E-state index in [1.807, 2.05) is 51.1 Å². The second-order valence-corrected chi connectivity index (χ2v) is 7.62. The summed E-state index contributed by atoms with van der Waals surface area (Å²) < 4.78 is 5.69. The molecule has 0 heterocycles. The summed E-state index contributed by atoms with van der Waals surface area (Å²) in [6.07, 6.45) is 0.214. The molecule has 2 aromatic rings. The fraction of sp³-hybridized carbons (Fsp3) is 0.417. The van der Waals surface area contributed by atoms with Gasteiger partial charge in [-0.2, -0.15) is 0 Å². The number of carbonyl (C=O) groups is 1. The molecule has 2 aromatic carbocycles. The van der Waals surface area contributed by atoms with Crippen molar-refractivity contribution in [3.8, 4) is 0 Å². The summed E-state index contributed by atoms with van der Waals surface area (Å²) >= 11 is 0. The minimum absolute atomic E-state index is 0. The first-order valence-corrected chi connectivity index (χ1v) is 10.4. The number of aliphatic imine (C=N–C) groups is 1. The third-order valence-corrected chi connectivity index (χ3v) is 4.41. The average Bonchev–Trinajstić information content (AvgIpc) is 2.74. The van der Waals surface area contributed by atoms with Crippen molar-refractivity contribution in [1.29, 1.82) is 0 Å². The lowest BCUT2D eigenvalue weighted by Gasteiger charge is -2.13. The number of nitrogens with zero attached hydrogens (tertiary/aromatic N) is 2. The normalized spacial score (nSPS) is 11.1. The molecule has 0 aliphatic carbocycles. The van der Waals surface area contributed by atoms with Crippen LogP contribution in [0.2, 0.25) is 0 Å². The van der Waals surface area contributed by atoms with Crippen molar-refractivity contribution in [1.82, 2.24) is 15.5 Å². The highest BCUT2D eigenvalue weighted by Gasteiger charge is 2.07. The molecule has 0 saturated heterocycles. The highest BCUT2D eigenvalue weighted by molar-refractivity contribution is 14.0. The number of hydrogen-bond acceptors (Lipinski definition) is 3. The van der Waals surface area contributed by atoms with Crippen molar-refractivity contribution >= 4 is 35.8 Å². The molecule has 0 fully saturated rings. The van der Waals surface area contributed by atoms with Crippen molar-refractivity contribution in [3.63, 3.8) is 0 Å². The molecular formula is C24H35IN4O2. The largest absolute Gasteiger partial charge is 0.374 e. The van der Waals surface area contributed by atoms with Gasteiger partial charge in [-0.25, -0.2) is 4.99 Å². The lowest BCUT2D eigenvalue weighted by Crippen LogP contribution is -2.36. The van der Waals surface area contributed by atoms with Crippen LogP contribution in [0.15, 0.2) is 53.5 Å². The molecule has 31 heavy (non-hydrogen) atoms. The van der Waals surface area contributed by atoms with Crippen LogP contribution in [-0.4, -0.2) is 43.5 Å². The second-order valence-electron chi connectivity index (χ2n) is 7.62. The van der Waals surface area contributed by atoms with E-state index in [1.165, 1.54) is 0 Å². The molecule has 1 amide bonds. The molecule has 6 nitrogen and oxygen atoms in total. The summed E-state index contributed by atoms with van der Waals surface area (Å²) in [5.41, 5.74) is 4.07. The molecule has 0 aliphatic heterocycles. The third kappa shape index (κ3) is 9.69. The summed E-state index contributed by atoms with van der Waals surface area (Å²) in [5.74, 6) is 0.764. The fourth-order valence-electron chi connectivity index (χ4n) is 2.80. The van der Waals surface area contributed by atoms with Crippen molar-refractivity contribution in [2.75, 3.05) is 20.6 Å². The Morgan fingerprint density at radius 3 is 2.32 bits per heavy atom. The lowest BCUT2D eigenvalue weighted by atomic mass is 10.1. The second kappa shape index (κ2) is 14.0. The molecule has 0 saturated carbocycles. The van der Waals surface area contributed by atoms with E-state index < -0.39 is 0 Å². The first-order valence-electron chi connectivity index (χ1n) is 10.4. The molecule has 0 aliphatic rings. The van der Waals surface area contributed by atoms with Crippen LogP contribution in [0.1, 0.15) is 47.8 Å². The highest BCUT2D eigenvalue weighted by Crippen LogP contribution is 2.09. The Hall–Kier alpha value is -2.13. The summed E-state index contributed by atoms with van der Waals surface area (Å²) in [6.45, 7) is 8.73. The van der Waals surface area contributed by atoms with Gasteiger partial charge in [0.1, 0.15) is 0 Å². The maximum atomic E-state index is 12.0. The number of guanidine groups is 1. The third-order valence-electron chi connectivity index (χ3n) is 4.41. The minimum Gasteiger partial charge on any atom is -0.374 e. The zero-order valence-corrected chi connectivity index (χ0v) is 21.5. The highest BCUT2D eigenvalue weighted by atomic mass is 127. The number of carbonyl (C=O) groups excluding carboxylic acids is 1. The zero-order valence-electron chi connectivity index (χ0n) is 19.1. The Balaban J connectivity index is 0.00000480. The minimum atomic E-state index is 0. The Morgan fingerprint density at radius 2 is 1.71 bits per heavy atom. The van der Waals surface area contributed by atoms with E-state index in [-0.39, 0.29) is 36.0 Å². The number of ether oxygens (including phenoxy) is 1. The number of nitrogens with one attached hydrogen (secondary N) is 2. The molecule has 2 N–H and O–H groups in total. The van der Waals surface area contributed by atoms with E-state index in [4.69, 9.17) is 9.73 Å². The summed E-state index contributed by atoms with van der Waals surface area (Å²) in [5, 5.41) is 6.63. The summed E-state index contributed by atoms with van der Waals surface area (Å²) in [4.78, 5) is 18.3. The fourth-order valence-corrected chi connectivity index (χ4v) is 2.80. The molecule has 7 heteroatoms. The Labute approximate surface area is 203 Å². The van der Waals surface area contributed by atoms with Gasteiger partial charge in [-0.1, -0.05) is 36.4 Å². The molecule has 0 spiro atoms. The van der Waals surface area contributed by atoms with Crippen LogP contribution in [0.3, 0.4) is 0 Å². The standard InChI is InChI=1S/C24H34N4O2.HI/c1-6-25-24(26-15-19-10-12-22(13-11-19)23(29)28(4)5)27-16-20-8-7-9-21(14-20)17-30-18(2)3;/h7-14,18H,6,15-17H2,1-5H3,(H2,25,26,27);1H. The number of halogens is 1. The smallest absolute Gasteiger partial charge is 0.253 e. The number of rotatable bonds is 9. The average molecular weight is 538 g/mol. The van der Waals surface area contributed by atoms with Crippen molar-refractivity contribution in [2.45, 2.75) is 46.6 Å². The Morgan fingerprint density at radius 1 is 1.03 bits per heavy atom. The topological polar surface area (TPSA) is 66.0 Å². The van der Waals surface area contributed by atoms with E-state index in [1.54, 1.807) is 19.0 Å². The molecule has 0 atom stereocenters. The molecule has 2 rings (SSSR count). The van der Waals surface area contributed by atoms with Gasteiger partial charge >= 0.3 is 0 Å². The van der Waals surface area contributed by atoms with Gasteiger partial charge in [0.2, 0.25) is 0 Å². The molecule has 0 radical (unpaired) electrons. The van der Waals surface area contributed by atoms with Crippen LogP contribution in [0.4, 0.5) is 0 Å². The number of benzene rings is 2. The Kier molecular flexibility index (Phi) is 12.2. The van der Waals surface area contributed by atoms with Crippen LogP contribution in [0, 0.1) is 0 Å². The van der Waals surface area contributed by atoms with Gasteiger partial charge < -0.3 is 20.3 Å². The van der Waals surface area contributed by atoms with Crippen molar-refractivity contribution < 1.29 is 9.53 Å². The first kappa shape index (κ1) is 26.9. The molecule has 0 aromatic heterocycles. The predicted molar refractivity (Wildman–Crippen MR) is 138 cm³/mol.